The van der Waals surface area contributed by atoms with E-state index in [0.29, 0.717) is 19.0 Å². The summed E-state index contributed by atoms with van der Waals surface area (Å²) in [4.78, 5) is 8.38. The number of rotatable bonds is 6. The zero-order valence-electron chi connectivity index (χ0n) is 8.66. The molecule has 0 radical (unpaired) electrons. The standard InChI is InChI=1S/C10H18N4/c1-2-3-4-9-7-13-10(14-8-9)12-6-5-11/h7-8H,2-6,11H2,1H3,(H,12,13,14). The summed E-state index contributed by atoms with van der Waals surface area (Å²) < 4.78 is 0. The van der Waals surface area contributed by atoms with E-state index in [4.69, 9.17) is 5.73 Å². The maximum absolute atomic E-state index is 5.35. The lowest BCUT2D eigenvalue weighted by atomic mass is 10.2. The first-order chi connectivity index (χ1) is 6.86. The van der Waals surface area contributed by atoms with Crippen molar-refractivity contribution in [3.63, 3.8) is 0 Å². The van der Waals surface area contributed by atoms with Gasteiger partial charge in [0.2, 0.25) is 5.95 Å². The van der Waals surface area contributed by atoms with Crippen molar-refractivity contribution in [1.29, 1.82) is 0 Å². The molecule has 0 fully saturated rings. The van der Waals surface area contributed by atoms with Crippen molar-refractivity contribution in [1.82, 2.24) is 9.97 Å². The Labute approximate surface area is 85.0 Å². The molecule has 3 N–H and O–H groups in total. The van der Waals surface area contributed by atoms with Gasteiger partial charge in [-0.15, -0.1) is 0 Å². The van der Waals surface area contributed by atoms with Crippen molar-refractivity contribution in [3.8, 4) is 0 Å². The summed E-state index contributed by atoms with van der Waals surface area (Å²) in [5.41, 5.74) is 6.55. The first kappa shape index (κ1) is 10.9. The van der Waals surface area contributed by atoms with Crippen molar-refractivity contribution >= 4 is 5.95 Å². The van der Waals surface area contributed by atoms with Gasteiger partial charge < -0.3 is 11.1 Å². The Bertz CT molecular complexity index is 218. The van der Waals surface area contributed by atoms with E-state index >= 15 is 0 Å². The monoisotopic (exact) mass is 194 g/mol. The molecule has 0 atom stereocenters. The number of hydrogen-bond acceptors (Lipinski definition) is 4. The molecule has 0 spiro atoms. The molecule has 0 aliphatic carbocycles. The van der Waals surface area contributed by atoms with E-state index in [0.717, 1.165) is 6.42 Å². The number of aryl methyl sites for hydroxylation is 1. The zero-order chi connectivity index (χ0) is 10.2. The van der Waals surface area contributed by atoms with E-state index in [1.165, 1.54) is 18.4 Å². The Morgan fingerprint density at radius 1 is 1.36 bits per heavy atom. The minimum Gasteiger partial charge on any atom is -0.353 e. The van der Waals surface area contributed by atoms with Crippen LogP contribution in [0.25, 0.3) is 0 Å². The van der Waals surface area contributed by atoms with Crippen molar-refractivity contribution in [2.45, 2.75) is 26.2 Å². The molecule has 4 nitrogen and oxygen atoms in total. The summed E-state index contributed by atoms with van der Waals surface area (Å²) in [6.07, 6.45) is 7.21. The molecule has 1 heterocycles. The molecule has 4 heteroatoms. The van der Waals surface area contributed by atoms with Gasteiger partial charge in [-0.25, -0.2) is 9.97 Å². The molecule has 0 aliphatic heterocycles. The topological polar surface area (TPSA) is 63.8 Å². The van der Waals surface area contributed by atoms with Gasteiger partial charge in [-0.05, 0) is 18.4 Å². The van der Waals surface area contributed by atoms with Crippen molar-refractivity contribution in [2.24, 2.45) is 5.73 Å². The molecule has 14 heavy (non-hydrogen) atoms. The van der Waals surface area contributed by atoms with Gasteiger partial charge in [-0.2, -0.15) is 0 Å². The van der Waals surface area contributed by atoms with E-state index < -0.39 is 0 Å². The molecule has 1 rings (SSSR count). The highest BCUT2D eigenvalue weighted by Crippen LogP contribution is 2.04. The second-order valence-electron chi connectivity index (χ2n) is 3.23. The van der Waals surface area contributed by atoms with Crippen LogP contribution in [0.5, 0.6) is 0 Å². The third kappa shape index (κ3) is 3.70. The predicted octanol–water partition coefficient (Wildman–Crippen LogP) is 1.19. The average Bonchev–Trinajstić information content (AvgIpc) is 2.25. The lowest BCUT2D eigenvalue weighted by Crippen LogP contribution is -2.14. The number of nitrogens with two attached hydrogens (primary N) is 1. The molecule has 0 unspecified atom stereocenters. The Hall–Kier alpha value is -1.16. The van der Waals surface area contributed by atoms with Crippen LogP contribution < -0.4 is 11.1 Å². The van der Waals surface area contributed by atoms with Crippen LogP contribution in [-0.4, -0.2) is 23.1 Å². The number of unbranched alkanes of at least 4 members (excludes halogenated alkanes) is 1. The fourth-order valence-corrected chi connectivity index (χ4v) is 1.14. The van der Waals surface area contributed by atoms with Gasteiger partial charge in [0, 0.05) is 25.5 Å². The molecule has 1 aromatic heterocycles. The number of anilines is 1. The van der Waals surface area contributed by atoms with Crippen LogP contribution in [0.4, 0.5) is 5.95 Å². The summed E-state index contributed by atoms with van der Waals surface area (Å²) in [5, 5.41) is 3.03. The third-order valence-electron chi connectivity index (χ3n) is 1.95. The molecular weight excluding hydrogens is 176 g/mol. The van der Waals surface area contributed by atoms with E-state index in [1.54, 1.807) is 0 Å². The molecule has 0 bridgehead atoms. The number of hydrogen-bond donors (Lipinski definition) is 2. The third-order valence-corrected chi connectivity index (χ3v) is 1.95. The first-order valence-electron chi connectivity index (χ1n) is 5.11. The lowest BCUT2D eigenvalue weighted by molar-refractivity contribution is 0.787. The highest BCUT2D eigenvalue weighted by Gasteiger charge is 1.95. The maximum atomic E-state index is 5.35. The molecule has 78 valence electrons. The SMILES string of the molecule is CCCCc1cnc(NCCN)nc1. The zero-order valence-corrected chi connectivity index (χ0v) is 8.66. The van der Waals surface area contributed by atoms with E-state index in [-0.39, 0.29) is 0 Å². The number of aromatic nitrogens is 2. The van der Waals surface area contributed by atoms with Crippen LogP contribution in [0.15, 0.2) is 12.4 Å². The predicted molar refractivity (Wildman–Crippen MR) is 58.2 cm³/mol. The van der Waals surface area contributed by atoms with Gasteiger partial charge in [0.05, 0.1) is 0 Å². The van der Waals surface area contributed by atoms with Crippen molar-refractivity contribution < 1.29 is 0 Å². The number of nitrogens with one attached hydrogen (secondary N) is 1. The second kappa shape index (κ2) is 6.32. The van der Waals surface area contributed by atoms with Gasteiger partial charge in [0.1, 0.15) is 0 Å². The molecule has 1 aromatic rings. The first-order valence-corrected chi connectivity index (χ1v) is 5.11. The van der Waals surface area contributed by atoms with Gasteiger partial charge in [-0.3, -0.25) is 0 Å². The van der Waals surface area contributed by atoms with Crippen LogP contribution in [0.3, 0.4) is 0 Å². The van der Waals surface area contributed by atoms with Crippen molar-refractivity contribution in [2.75, 3.05) is 18.4 Å². The Balaban J connectivity index is 2.42. The van der Waals surface area contributed by atoms with Crippen LogP contribution in [0.2, 0.25) is 0 Å². The summed E-state index contributed by atoms with van der Waals surface area (Å²) in [6.45, 7) is 3.49. The minimum atomic E-state index is 0.598. The molecule has 0 saturated carbocycles. The summed E-state index contributed by atoms with van der Waals surface area (Å²) in [7, 11) is 0. The second-order valence-corrected chi connectivity index (χ2v) is 3.23. The smallest absolute Gasteiger partial charge is 0.222 e. The highest BCUT2D eigenvalue weighted by atomic mass is 15.1. The minimum absolute atomic E-state index is 0.598. The Morgan fingerprint density at radius 2 is 2.07 bits per heavy atom. The normalized spacial score (nSPS) is 10.1. The molecule has 0 saturated heterocycles. The summed E-state index contributed by atoms with van der Waals surface area (Å²) in [5.74, 6) is 0.663. The molecular formula is C10H18N4. The van der Waals surface area contributed by atoms with Crippen molar-refractivity contribution in [3.05, 3.63) is 18.0 Å². The van der Waals surface area contributed by atoms with Gasteiger partial charge in [0.25, 0.3) is 0 Å². The molecule has 0 amide bonds. The van der Waals surface area contributed by atoms with Crippen LogP contribution in [0, 0.1) is 0 Å². The van der Waals surface area contributed by atoms with E-state index in [1.807, 2.05) is 12.4 Å². The van der Waals surface area contributed by atoms with Crippen LogP contribution in [-0.2, 0) is 6.42 Å². The lowest BCUT2D eigenvalue weighted by Gasteiger charge is -2.03. The average molecular weight is 194 g/mol. The largest absolute Gasteiger partial charge is 0.353 e. The Morgan fingerprint density at radius 3 is 2.64 bits per heavy atom. The van der Waals surface area contributed by atoms with Gasteiger partial charge >= 0.3 is 0 Å². The summed E-state index contributed by atoms with van der Waals surface area (Å²) in [6, 6.07) is 0. The fourth-order valence-electron chi connectivity index (χ4n) is 1.14. The number of nitrogens with zero attached hydrogens (tertiary/aromatic N) is 2. The van der Waals surface area contributed by atoms with E-state index in [2.05, 4.69) is 22.2 Å². The van der Waals surface area contributed by atoms with Crippen LogP contribution in [0.1, 0.15) is 25.3 Å². The maximum Gasteiger partial charge on any atom is 0.222 e. The van der Waals surface area contributed by atoms with E-state index in [9.17, 15) is 0 Å². The van der Waals surface area contributed by atoms with Gasteiger partial charge in [0.15, 0.2) is 0 Å². The summed E-state index contributed by atoms with van der Waals surface area (Å²) >= 11 is 0. The molecule has 0 aliphatic rings. The Kier molecular flexibility index (Phi) is 4.93. The van der Waals surface area contributed by atoms with Gasteiger partial charge in [-0.1, -0.05) is 13.3 Å². The quantitative estimate of drug-likeness (QED) is 0.714. The fraction of sp³-hybridized carbons (Fsp3) is 0.600. The van der Waals surface area contributed by atoms with Crippen LogP contribution >= 0.6 is 0 Å². The highest BCUT2D eigenvalue weighted by molar-refractivity contribution is 5.24. The molecule has 0 aromatic carbocycles.